The lowest BCUT2D eigenvalue weighted by atomic mass is 10.2. The van der Waals surface area contributed by atoms with Crippen molar-refractivity contribution in [3.63, 3.8) is 0 Å². The quantitative estimate of drug-likeness (QED) is 0.659. The van der Waals surface area contributed by atoms with E-state index in [1.807, 2.05) is 18.2 Å². The maximum atomic E-state index is 9.90. The summed E-state index contributed by atoms with van der Waals surface area (Å²) >= 11 is 1.41. The molecule has 0 amide bonds. The van der Waals surface area contributed by atoms with Crippen LogP contribution in [0.3, 0.4) is 0 Å². The summed E-state index contributed by atoms with van der Waals surface area (Å²) in [6.07, 6.45) is 1.79. The first-order valence-electron chi connectivity index (χ1n) is 3.35. The third-order valence-corrected chi connectivity index (χ3v) is 2.15. The van der Waals surface area contributed by atoms with Gasteiger partial charge in [-0.05, 0) is 24.3 Å². The Bertz CT molecular complexity index is 299. The van der Waals surface area contributed by atoms with Gasteiger partial charge in [0.05, 0.1) is 17.4 Å². The maximum Gasteiger partial charge on any atom is 0.209 e. The second kappa shape index (κ2) is 4.58. The number of hydrogen-bond acceptors (Lipinski definition) is 3. The molecule has 0 fully saturated rings. The Morgan fingerprint density at radius 1 is 1.33 bits per heavy atom. The van der Waals surface area contributed by atoms with E-state index in [-0.39, 0.29) is 0 Å². The zero-order valence-corrected chi connectivity index (χ0v) is 7.10. The Morgan fingerprint density at radius 3 is 2.50 bits per heavy atom. The summed E-state index contributed by atoms with van der Waals surface area (Å²) in [6, 6.07) is 9.12. The highest BCUT2D eigenvalue weighted by Gasteiger charge is 1.93. The molecule has 0 bridgehead atoms. The Morgan fingerprint density at radius 2 is 2.00 bits per heavy atom. The van der Waals surface area contributed by atoms with Crippen LogP contribution in [0.5, 0.6) is 0 Å². The average molecular weight is 176 g/mol. The minimum absolute atomic E-state index is 0.339. The van der Waals surface area contributed by atoms with Gasteiger partial charge in [0.2, 0.25) is 6.29 Å². The normalized spacial score (nSPS) is 8.92. The van der Waals surface area contributed by atoms with Gasteiger partial charge in [0, 0.05) is 4.90 Å². The van der Waals surface area contributed by atoms with Gasteiger partial charge in [-0.1, -0.05) is 0 Å². The molecule has 0 aliphatic carbocycles. The van der Waals surface area contributed by atoms with Crippen LogP contribution in [-0.4, -0.2) is 12.0 Å². The first-order valence-corrected chi connectivity index (χ1v) is 4.33. The number of nitriles is 1. The van der Waals surface area contributed by atoms with E-state index in [0.29, 0.717) is 11.3 Å². The SMILES string of the molecule is N#Cc1ccc(SC[C]=O)cc1. The van der Waals surface area contributed by atoms with Gasteiger partial charge in [-0.15, -0.1) is 11.8 Å². The Labute approximate surface area is 75.2 Å². The molecule has 0 heterocycles. The molecule has 0 spiro atoms. The summed E-state index contributed by atoms with van der Waals surface area (Å²) in [6.45, 7) is 0. The summed E-state index contributed by atoms with van der Waals surface area (Å²) in [5.74, 6) is 0.339. The van der Waals surface area contributed by atoms with E-state index in [1.165, 1.54) is 11.8 Å². The lowest BCUT2D eigenvalue weighted by molar-refractivity contribution is 0.560. The average Bonchev–Trinajstić information content (AvgIpc) is 2.15. The van der Waals surface area contributed by atoms with Gasteiger partial charge in [-0.25, -0.2) is 0 Å². The predicted molar refractivity (Wildman–Crippen MR) is 47.6 cm³/mol. The van der Waals surface area contributed by atoms with E-state index in [2.05, 4.69) is 0 Å². The van der Waals surface area contributed by atoms with Gasteiger partial charge < -0.3 is 0 Å². The fourth-order valence-corrected chi connectivity index (χ4v) is 1.29. The Balaban J connectivity index is 2.66. The lowest BCUT2D eigenvalue weighted by Gasteiger charge is -1.95. The number of nitrogens with zero attached hydrogens (tertiary/aromatic N) is 1. The van der Waals surface area contributed by atoms with Crippen LogP contribution in [0.4, 0.5) is 0 Å². The van der Waals surface area contributed by atoms with Crippen LogP contribution in [0.2, 0.25) is 0 Å². The summed E-state index contributed by atoms with van der Waals surface area (Å²) < 4.78 is 0. The van der Waals surface area contributed by atoms with Gasteiger partial charge in [0.1, 0.15) is 0 Å². The molecular formula is C9H6NOS. The standard InChI is InChI=1S/C9H6NOS/c10-7-8-1-3-9(4-2-8)12-6-5-11/h1-4H,6H2. The first kappa shape index (κ1) is 8.82. The molecule has 0 saturated heterocycles. The molecule has 0 unspecified atom stereocenters. The minimum atomic E-state index is 0.339. The fourth-order valence-electron chi connectivity index (χ4n) is 0.738. The van der Waals surface area contributed by atoms with Crippen LogP contribution in [-0.2, 0) is 4.79 Å². The molecule has 2 nitrogen and oxygen atoms in total. The van der Waals surface area contributed by atoms with Crippen molar-refractivity contribution in [3.8, 4) is 6.07 Å². The molecule has 0 saturated carbocycles. The molecule has 0 atom stereocenters. The molecule has 1 rings (SSSR count). The number of rotatable bonds is 3. The number of hydrogen-bond donors (Lipinski definition) is 0. The fraction of sp³-hybridized carbons (Fsp3) is 0.111. The molecule has 1 radical (unpaired) electrons. The highest BCUT2D eigenvalue weighted by molar-refractivity contribution is 7.99. The highest BCUT2D eigenvalue weighted by Crippen LogP contribution is 2.16. The van der Waals surface area contributed by atoms with Gasteiger partial charge in [-0.2, -0.15) is 5.26 Å². The molecule has 0 aromatic heterocycles. The number of thioether (sulfide) groups is 1. The molecule has 1 aromatic carbocycles. The van der Waals surface area contributed by atoms with E-state index in [4.69, 9.17) is 5.26 Å². The van der Waals surface area contributed by atoms with Crippen molar-refractivity contribution in [2.75, 3.05) is 5.75 Å². The zero-order chi connectivity index (χ0) is 8.81. The summed E-state index contributed by atoms with van der Waals surface area (Å²) in [5, 5.41) is 8.49. The van der Waals surface area contributed by atoms with Crippen molar-refractivity contribution in [1.29, 1.82) is 5.26 Å². The third kappa shape index (κ3) is 2.40. The van der Waals surface area contributed by atoms with Crippen LogP contribution >= 0.6 is 11.8 Å². The van der Waals surface area contributed by atoms with Crippen LogP contribution in [0.25, 0.3) is 0 Å². The van der Waals surface area contributed by atoms with Crippen LogP contribution < -0.4 is 0 Å². The van der Waals surface area contributed by atoms with Crippen molar-refractivity contribution >= 4 is 18.0 Å². The van der Waals surface area contributed by atoms with Crippen molar-refractivity contribution < 1.29 is 4.79 Å². The van der Waals surface area contributed by atoms with E-state index >= 15 is 0 Å². The molecule has 1 aromatic rings. The zero-order valence-electron chi connectivity index (χ0n) is 6.28. The second-order valence-corrected chi connectivity index (χ2v) is 3.12. The van der Waals surface area contributed by atoms with Gasteiger partial charge in [0.15, 0.2) is 0 Å². The van der Waals surface area contributed by atoms with Crippen LogP contribution in [0.15, 0.2) is 29.2 Å². The van der Waals surface area contributed by atoms with Crippen molar-refractivity contribution in [2.45, 2.75) is 4.90 Å². The summed E-state index contributed by atoms with van der Waals surface area (Å²) in [5.41, 5.74) is 0.634. The van der Waals surface area contributed by atoms with Gasteiger partial charge >= 0.3 is 0 Å². The molecule has 59 valence electrons. The second-order valence-electron chi connectivity index (χ2n) is 2.07. The molecule has 0 aliphatic heterocycles. The number of carbonyl (C=O) groups excluding carboxylic acids is 1. The van der Waals surface area contributed by atoms with Gasteiger partial charge in [0.25, 0.3) is 0 Å². The van der Waals surface area contributed by atoms with E-state index in [0.717, 1.165) is 4.90 Å². The van der Waals surface area contributed by atoms with E-state index in [1.54, 1.807) is 18.4 Å². The Kier molecular flexibility index (Phi) is 3.36. The summed E-state index contributed by atoms with van der Waals surface area (Å²) in [4.78, 5) is 10.9. The van der Waals surface area contributed by atoms with Gasteiger partial charge in [-0.3, -0.25) is 4.79 Å². The largest absolute Gasteiger partial charge is 0.290 e. The topological polar surface area (TPSA) is 40.9 Å². The van der Waals surface area contributed by atoms with E-state index < -0.39 is 0 Å². The Hall–Kier alpha value is -1.27. The van der Waals surface area contributed by atoms with Crippen molar-refractivity contribution in [3.05, 3.63) is 29.8 Å². The molecule has 0 N–H and O–H groups in total. The van der Waals surface area contributed by atoms with Crippen LogP contribution in [0.1, 0.15) is 5.56 Å². The third-order valence-electron chi connectivity index (χ3n) is 1.28. The minimum Gasteiger partial charge on any atom is -0.290 e. The maximum absolute atomic E-state index is 9.90. The van der Waals surface area contributed by atoms with Crippen molar-refractivity contribution in [1.82, 2.24) is 0 Å². The molecular weight excluding hydrogens is 170 g/mol. The first-order chi connectivity index (χ1) is 5.86. The number of benzene rings is 1. The molecule has 0 aliphatic rings. The molecule has 12 heavy (non-hydrogen) atoms. The highest BCUT2D eigenvalue weighted by atomic mass is 32.2. The molecule has 3 heteroatoms. The smallest absolute Gasteiger partial charge is 0.209 e. The monoisotopic (exact) mass is 176 g/mol. The lowest BCUT2D eigenvalue weighted by Crippen LogP contribution is -1.79. The van der Waals surface area contributed by atoms with E-state index in [9.17, 15) is 4.79 Å². The predicted octanol–water partition coefficient (Wildman–Crippen LogP) is 1.76. The van der Waals surface area contributed by atoms with Crippen LogP contribution in [0, 0.1) is 11.3 Å². The van der Waals surface area contributed by atoms with Crippen molar-refractivity contribution in [2.24, 2.45) is 0 Å². The summed E-state index contributed by atoms with van der Waals surface area (Å²) in [7, 11) is 0.